The van der Waals surface area contributed by atoms with Gasteiger partial charge in [0.15, 0.2) is 23.2 Å². The molecule has 0 radical (unpaired) electrons. The van der Waals surface area contributed by atoms with E-state index >= 15 is 0 Å². The molecule has 78 valence electrons. The average molecular weight is 231 g/mol. The second-order valence-electron chi connectivity index (χ2n) is 2.87. The lowest BCUT2D eigenvalue weighted by Crippen LogP contribution is -1.86. The van der Waals surface area contributed by atoms with Crippen molar-refractivity contribution < 1.29 is 13.3 Å². The molecule has 0 spiro atoms. The van der Waals surface area contributed by atoms with Crippen LogP contribution in [0.1, 0.15) is 0 Å². The van der Waals surface area contributed by atoms with Crippen LogP contribution in [0.5, 0.6) is 0 Å². The van der Waals surface area contributed by atoms with E-state index in [0.29, 0.717) is 0 Å². The van der Waals surface area contributed by atoms with Gasteiger partial charge < -0.3 is 10.3 Å². The van der Waals surface area contributed by atoms with E-state index in [-0.39, 0.29) is 22.2 Å². The molecule has 1 heterocycles. The first-order valence-corrected chi connectivity index (χ1v) is 4.33. The highest BCUT2D eigenvalue weighted by Gasteiger charge is 2.12. The van der Waals surface area contributed by atoms with Crippen LogP contribution in [0.25, 0.3) is 11.3 Å². The second-order valence-corrected chi connectivity index (χ2v) is 3.28. The Balaban J connectivity index is 2.55. The Kier molecular flexibility index (Phi) is 2.32. The van der Waals surface area contributed by atoms with Gasteiger partial charge in [-0.2, -0.15) is 0 Å². The van der Waals surface area contributed by atoms with Crippen molar-refractivity contribution in [1.82, 2.24) is 5.16 Å². The van der Waals surface area contributed by atoms with E-state index in [2.05, 4.69) is 5.16 Å². The summed E-state index contributed by atoms with van der Waals surface area (Å²) in [5.74, 6) is -1.75. The Morgan fingerprint density at radius 1 is 1.27 bits per heavy atom. The third-order valence-corrected chi connectivity index (χ3v) is 2.07. The van der Waals surface area contributed by atoms with Crippen LogP contribution in [0.4, 0.5) is 14.6 Å². The van der Waals surface area contributed by atoms with Gasteiger partial charge in [0.05, 0.1) is 5.02 Å². The highest BCUT2D eigenvalue weighted by atomic mass is 35.5. The smallest absolute Gasteiger partial charge is 0.177 e. The first-order chi connectivity index (χ1) is 7.08. The molecule has 2 N–H and O–H groups in total. The van der Waals surface area contributed by atoms with E-state index < -0.39 is 11.6 Å². The lowest BCUT2D eigenvalue weighted by atomic mass is 10.1. The van der Waals surface area contributed by atoms with Gasteiger partial charge >= 0.3 is 0 Å². The number of hydrogen-bond acceptors (Lipinski definition) is 3. The molecule has 0 bridgehead atoms. The molecule has 0 amide bonds. The van der Waals surface area contributed by atoms with Crippen molar-refractivity contribution in [2.45, 2.75) is 0 Å². The fraction of sp³-hybridized carbons (Fsp3) is 0. The van der Waals surface area contributed by atoms with Crippen LogP contribution in [0.2, 0.25) is 5.02 Å². The van der Waals surface area contributed by atoms with E-state index in [1.807, 2.05) is 0 Å². The Hall–Kier alpha value is -1.62. The molecule has 0 aliphatic rings. The van der Waals surface area contributed by atoms with Crippen LogP contribution in [-0.4, -0.2) is 5.16 Å². The predicted octanol–water partition coefficient (Wildman–Crippen LogP) is 2.86. The molecule has 3 nitrogen and oxygen atoms in total. The molecule has 2 aromatic rings. The van der Waals surface area contributed by atoms with Gasteiger partial charge in [-0.3, -0.25) is 0 Å². The molecule has 1 aromatic carbocycles. The third kappa shape index (κ3) is 1.78. The van der Waals surface area contributed by atoms with Gasteiger partial charge in [-0.15, -0.1) is 0 Å². The normalized spacial score (nSPS) is 10.6. The van der Waals surface area contributed by atoms with Crippen LogP contribution < -0.4 is 5.73 Å². The van der Waals surface area contributed by atoms with Gasteiger partial charge in [-0.25, -0.2) is 8.78 Å². The topological polar surface area (TPSA) is 52.0 Å². The van der Waals surface area contributed by atoms with E-state index in [1.54, 1.807) is 0 Å². The Morgan fingerprint density at radius 2 is 2.00 bits per heavy atom. The van der Waals surface area contributed by atoms with Crippen LogP contribution in [0, 0.1) is 11.6 Å². The molecule has 15 heavy (non-hydrogen) atoms. The van der Waals surface area contributed by atoms with Gasteiger partial charge in [0.25, 0.3) is 0 Å². The molecule has 0 aliphatic heterocycles. The summed E-state index contributed by atoms with van der Waals surface area (Å²) in [5.41, 5.74) is 5.60. The minimum Gasteiger partial charge on any atom is -0.381 e. The van der Waals surface area contributed by atoms with E-state index in [9.17, 15) is 8.78 Å². The van der Waals surface area contributed by atoms with Crippen molar-refractivity contribution in [2.24, 2.45) is 0 Å². The fourth-order valence-electron chi connectivity index (χ4n) is 1.12. The minimum absolute atomic E-state index is 0.158. The molecule has 0 saturated heterocycles. The molecule has 2 rings (SSSR count). The third-order valence-electron chi connectivity index (χ3n) is 1.80. The minimum atomic E-state index is -1.09. The zero-order valence-corrected chi connectivity index (χ0v) is 8.05. The molecule has 0 atom stereocenters. The number of hydrogen-bond donors (Lipinski definition) is 1. The van der Waals surface area contributed by atoms with Crippen molar-refractivity contribution in [1.29, 1.82) is 0 Å². The summed E-state index contributed by atoms with van der Waals surface area (Å²) in [4.78, 5) is 0. The van der Waals surface area contributed by atoms with Crippen LogP contribution in [0.3, 0.4) is 0 Å². The zero-order valence-electron chi connectivity index (χ0n) is 7.30. The summed E-state index contributed by atoms with van der Waals surface area (Å²) in [6, 6.07) is 3.59. The molecule has 1 aromatic heterocycles. The lowest BCUT2D eigenvalue weighted by Gasteiger charge is -1.99. The van der Waals surface area contributed by atoms with Crippen molar-refractivity contribution in [3.63, 3.8) is 0 Å². The van der Waals surface area contributed by atoms with E-state index in [0.717, 1.165) is 6.07 Å². The summed E-state index contributed by atoms with van der Waals surface area (Å²) < 4.78 is 30.6. The molecule has 0 aliphatic carbocycles. The van der Waals surface area contributed by atoms with Crippen molar-refractivity contribution >= 4 is 17.4 Å². The SMILES string of the molecule is Nc1cc(-c2cc(F)c(F)c(Cl)c2)on1. The number of benzene rings is 1. The Morgan fingerprint density at radius 3 is 2.53 bits per heavy atom. The molecular formula is C9H5ClF2N2O. The summed E-state index contributed by atoms with van der Waals surface area (Å²) in [6.45, 7) is 0. The largest absolute Gasteiger partial charge is 0.381 e. The van der Waals surface area contributed by atoms with Crippen LogP contribution in [-0.2, 0) is 0 Å². The maximum Gasteiger partial charge on any atom is 0.177 e. The average Bonchev–Trinajstić information content (AvgIpc) is 2.60. The number of aromatic nitrogens is 1. The van der Waals surface area contributed by atoms with E-state index in [4.69, 9.17) is 21.9 Å². The van der Waals surface area contributed by atoms with Gasteiger partial charge in [-0.1, -0.05) is 16.8 Å². The lowest BCUT2D eigenvalue weighted by molar-refractivity contribution is 0.435. The number of anilines is 1. The second kappa shape index (κ2) is 3.51. The maximum atomic E-state index is 13.0. The number of nitrogens with zero attached hydrogens (tertiary/aromatic N) is 1. The van der Waals surface area contributed by atoms with Gasteiger partial charge in [0.1, 0.15) is 0 Å². The highest BCUT2D eigenvalue weighted by molar-refractivity contribution is 6.31. The first-order valence-electron chi connectivity index (χ1n) is 3.95. The zero-order chi connectivity index (χ0) is 11.0. The first kappa shape index (κ1) is 9.92. The highest BCUT2D eigenvalue weighted by Crippen LogP contribution is 2.27. The standard InChI is InChI=1S/C9H5ClF2N2O/c10-5-1-4(2-6(11)9(5)12)7-3-8(13)14-15-7/h1-3H,(H2,13,14). The molecule has 0 fully saturated rings. The monoisotopic (exact) mass is 230 g/mol. The molecule has 6 heteroatoms. The Labute approximate surface area is 88.4 Å². The number of rotatable bonds is 1. The fourth-order valence-corrected chi connectivity index (χ4v) is 1.33. The van der Waals surface area contributed by atoms with Gasteiger partial charge in [0.2, 0.25) is 0 Å². The summed E-state index contributed by atoms with van der Waals surface area (Å²) in [6.07, 6.45) is 0. The molecular weight excluding hydrogens is 226 g/mol. The predicted molar refractivity (Wildman–Crippen MR) is 51.3 cm³/mol. The number of halogens is 3. The quantitative estimate of drug-likeness (QED) is 0.767. The Bertz CT molecular complexity index is 490. The van der Waals surface area contributed by atoms with Crippen molar-refractivity contribution in [2.75, 3.05) is 5.73 Å². The van der Waals surface area contributed by atoms with E-state index in [1.165, 1.54) is 12.1 Å². The number of nitrogen functional groups attached to an aromatic ring is 1. The molecule has 0 unspecified atom stereocenters. The van der Waals surface area contributed by atoms with Crippen molar-refractivity contribution in [3.8, 4) is 11.3 Å². The molecule has 0 saturated carbocycles. The van der Waals surface area contributed by atoms with Gasteiger partial charge in [-0.05, 0) is 12.1 Å². The van der Waals surface area contributed by atoms with Crippen molar-refractivity contribution in [3.05, 3.63) is 34.9 Å². The summed E-state index contributed by atoms with van der Waals surface area (Å²) in [5, 5.41) is 3.10. The van der Waals surface area contributed by atoms with Gasteiger partial charge in [0, 0.05) is 11.6 Å². The van der Waals surface area contributed by atoms with Crippen LogP contribution >= 0.6 is 11.6 Å². The van der Waals surface area contributed by atoms with Crippen LogP contribution in [0.15, 0.2) is 22.7 Å². The summed E-state index contributed by atoms with van der Waals surface area (Å²) in [7, 11) is 0. The maximum absolute atomic E-state index is 13.0. The summed E-state index contributed by atoms with van der Waals surface area (Å²) >= 11 is 5.47. The number of nitrogens with two attached hydrogens (primary N) is 1.